The van der Waals surface area contributed by atoms with Gasteiger partial charge in [0.15, 0.2) is 0 Å². The van der Waals surface area contributed by atoms with Crippen molar-refractivity contribution in [2.45, 2.75) is 178 Å². The molecule has 0 radical (unpaired) electrons. The highest BCUT2D eigenvalue weighted by Gasteiger charge is 2.78. The molecule has 0 nitrogen and oxygen atoms in total. The molecule has 0 amide bonds. The van der Waals surface area contributed by atoms with Crippen LogP contribution in [0.5, 0.6) is 0 Å². The summed E-state index contributed by atoms with van der Waals surface area (Å²) in [7, 11) is -6.87. The van der Waals surface area contributed by atoms with Gasteiger partial charge in [-0.05, 0) is 60.6 Å². The molecule has 0 spiro atoms. The van der Waals surface area contributed by atoms with Gasteiger partial charge in [0.05, 0.1) is 6.63 Å². The van der Waals surface area contributed by atoms with E-state index >= 15 is 0 Å². The third-order valence-corrected chi connectivity index (χ3v) is 139. The molecule has 48 heavy (non-hydrogen) atoms. The Kier molecular flexibility index (Phi) is 10.7. The molecule has 1 heterocycles. The highest BCUT2D eigenvalue weighted by molar-refractivity contribution is 8.10. The van der Waals surface area contributed by atoms with Crippen LogP contribution in [0.4, 0.5) is 0 Å². The average Bonchev–Trinajstić information content (AvgIpc) is 2.81. The van der Waals surface area contributed by atoms with Crippen LogP contribution in [0.25, 0.3) is 0 Å². The lowest BCUT2D eigenvalue weighted by Gasteiger charge is -2.73. The lowest BCUT2D eigenvalue weighted by atomic mass is 9.68. The molecule has 1 aliphatic heterocycles. The minimum atomic E-state index is -2.07. The summed E-state index contributed by atoms with van der Waals surface area (Å²) < 4.78 is 0. The lowest BCUT2D eigenvalue weighted by Crippen LogP contribution is -2.99. The molecule has 0 N–H and O–H groups in total. The minimum absolute atomic E-state index is 0.0768. The van der Waals surface area contributed by atoms with Crippen LogP contribution in [0, 0.1) is 16.7 Å². The van der Waals surface area contributed by atoms with Gasteiger partial charge < -0.3 is 0 Å². The molecule has 1 aromatic carbocycles. The Morgan fingerprint density at radius 1 is 0.542 bits per heavy atom. The van der Waals surface area contributed by atoms with Gasteiger partial charge in [0.25, 0.3) is 0 Å². The zero-order valence-electron chi connectivity index (χ0n) is 36.6. The van der Waals surface area contributed by atoms with Crippen molar-refractivity contribution in [2.75, 3.05) is 0 Å². The van der Waals surface area contributed by atoms with E-state index in [2.05, 4.69) is 198 Å². The van der Waals surface area contributed by atoms with Gasteiger partial charge >= 0.3 is 0 Å². The van der Waals surface area contributed by atoms with Gasteiger partial charge in [-0.2, -0.15) is 0 Å². The molecule has 0 unspecified atom stereocenters. The van der Waals surface area contributed by atoms with Gasteiger partial charge in [-0.3, -0.25) is 0 Å². The van der Waals surface area contributed by atoms with Gasteiger partial charge in [-0.1, -0.05) is 198 Å². The highest BCUT2D eigenvalue weighted by atomic mass is 30.2. The largest absolute Gasteiger partial charge is 0.0980 e. The molecule has 0 bridgehead atoms. The number of fused-ring (bicyclic) bond motifs is 1. The van der Waals surface area contributed by atoms with Crippen LogP contribution in [0.3, 0.4) is 0 Å². The summed E-state index contributed by atoms with van der Waals surface area (Å²) in [5, 5.41) is 0. The summed E-state index contributed by atoms with van der Waals surface area (Å²) in [6.45, 7) is 60.3. The van der Waals surface area contributed by atoms with Crippen LogP contribution in [0.1, 0.15) is 105 Å². The van der Waals surface area contributed by atoms with Crippen molar-refractivity contribution >= 4 is 43.6 Å². The molecule has 0 aromatic heterocycles. The fraction of sp³-hybridized carbons (Fsp3) is 0.714. The van der Waals surface area contributed by atoms with Crippen LogP contribution < -0.4 is 0 Å². The molecule has 2 atom stereocenters. The second-order valence-electron chi connectivity index (χ2n) is 24.2. The van der Waals surface area contributed by atoms with Crippen LogP contribution in [0.2, 0.25) is 78.6 Å². The summed E-state index contributed by atoms with van der Waals surface area (Å²) in [5.74, 6) is 0.471. The van der Waals surface area contributed by atoms with Crippen LogP contribution in [-0.2, 0) is 10.8 Å². The van der Waals surface area contributed by atoms with Gasteiger partial charge in [0.1, 0.15) is 0 Å². The van der Waals surface area contributed by atoms with E-state index in [9.17, 15) is 0 Å². The maximum atomic E-state index is 3.29. The van der Waals surface area contributed by atoms with Crippen molar-refractivity contribution < 1.29 is 0 Å². The third-order valence-electron chi connectivity index (χ3n) is 12.6. The Balaban J connectivity index is 2.93. The SMILES string of the molecule is CC(C)(C)C1=C[C@H]2C(=C[Si]([Si](C)(C)C)([Si](C)(C)C)[Si]([Si](C)(C)C)([Si](C)(C)C)[C@H]2c2ccc(C(C)(C)C)cc2C(C)(C)C)C(C(C)(C)C)=C1. The van der Waals surface area contributed by atoms with E-state index in [0.717, 1.165) is 0 Å². The van der Waals surface area contributed by atoms with E-state index in [1.807, 2.05) is 0 Å². The second kappa shape index (κ2) is 12.1. The first-order valence-electron chi connectivity index (χ1n) is 19.2. The minimum Gasteiger partial charge on any atom is -0.0980 e. The number of rotatable bonds is 5. The molecule has 0 saturated heterocycles. The van der Waals surface area contributed by atoms with Crippen molar-refractivity contribution in [1.82, 2.24) is 0 Å². The summed E-state index contributed by atoms with van der Waals surface area (Å²) in [6, 6.07) is 8.02. The van der Waals surface area contributed by atoms with Crippen LogP contribution >= 0.6 is 0 Å². The Labute approximate surface area is 306 Å². The van der Waals surface area contributed by atoms with Crippen molar-refractivity contribution in [2.24, 2.45) is 16.7 Å². The normalized spacial score (nSPS) is 22.9. The van der Waals surface area contributed by atoms with Crippen LogP contribution in [0.15, 0.2) is 52.8 Å². The molecule has 3 rings (SSSR count). The lowest BCUT2D eigenvalue weighted by molar-refractivity contribution is 0.467. The fourth-order valence-corrected chi connectivity index (χ4v) is 237. The number of hydrogen-bond donors (Lipinski definition) is 0. The van der Waals surface area contributed by atoms with E-state index in [0.29, 0.717) is 11.5 Å². The zero-order chi connectivity index (χ0) is 37.9. The number of hydrogen-bond acceptors (Lipinski definition) is 0. The quantitative estimate of drug-likeness (QED) is 0.263. The van der Waals surface area contributed by atoms with Crippen molar-refractivity contribution in [3.63, 3.8) is 0 Å². The molecule has 0 fully saturated rings. The standard InChI is InChI=1S/C42H80Si6/c1-39(2,3)31-25-26-33(36(28-31)41(7,8)9)38-34-27-32(40(4,5)6)29-37(42(10,11)12)35(34)30-47(43(13,14)15,44(16,17)18)48(38,45(19,20)21)46(22,23)24/h25-30,34,38H,1-24H3/t34-,38-/m0/s1. The summed E-state index contributed by atoms with van der Waals surface area (Å²) in [6.07, 6.45) is 5.57. The van der Waals surface area contributed by atoms with Gasteiger partial charge in [-0.15, -0.1) is 0 Å². The Bertz CT molecular complexity index is 1450. The molecular formula is C42H80Si6. The monoisotopic (exact) mass is 752 g/mol. The third kappa shape index (κ3) is 6.72. The molecule has 1 aromatic rings. The Morgan fingerprint density at radius 3 is 1.33 bits per heavy atom. The summed E-state index contributed by atoms with van der Waals surface area (Å²) >= 11 is 0. The number of allylic oxidation sites excluding steroid dienone is 5. The highest BCUT2D eigenvalue weighted by Crippen LogP contribution is 2.63. The second-order valence-corrected chi connectivity index (χ2v) is 87.5. The predicted molar refractivity (Wildman–Crippen MR) is 238 cm³/mol. The average molecular weight is 754 g/mol. The van der Waals surface area contributed by atoms with Crippen molar-refractivity contribution in [3.05, 3.63) is 69.5 Å². The smallest absolute Gasteiger partial charge is 0.0569 e. The van der Waals surface area contributed by atoms with Crippen LogP contribution in [-0.4, -0.2) is 43.6 Å². The van der Waals surface area contributed by atoms with E-state index in [-0.39, 0.29) is 21.7 Å². The maximum Gasteiger partial charge on any atom is 0.0569 e. The first-order chi connectivity index (χ1) is 20.9. The molecule has 2 aliphatic rings. The topological polar surface area (TPSA) is 0 Å². The predicted octanol–water partition coefficient (Wildman–Crippen LogP) is 13.6. The fourth-order valence-electron chi connectivity index (χ4n) is 11.5. The number of benzene rings is 1. The van der Waals surface area contributed by atoms with Gasteiger partial charge in [0.2, 0.25) is 0 Å². The van der Waals surface area contributed by atoms with E-state index in [1.54, 1.807) is 27.8 Å². The van der Waals surface area contributed by atoms with Gasteiger partial charge in [0, 0.05) is 42.9 Å². The van der Waals surface area contributed by atoms with E-state index in [1.165, 1.54) is 5.56 Å². The first-order valence-corrected chi connectivity index (χ1v) is 42.4. The summed E-state index contributed by atoms with van der Waals surface area (Å²) in [5.41, 5.74) is 14.3. The maximum absolute atomic E-state index is 3.29. The van der Waals surface area contributed by atoms with E-state index < -0.39 is 43.6 Å². The molecule has 6 heteroatoms. The molecule has 1 aliphatic carbocycles. The zero-order valence-corrected chi connectivity index (χ0v) is 42.6. The Morgan fingerprint density at radius 2 is 1.00 bits per heavy atom. The van der Waals surface area contributed by atoms with Crippen molar-refractivity contribution in [1.29, 1.82) is 0 Å². The van der Waals surface area contributed by atoms with Gasteiger partial charge in [-0.25, -0.2) is 0 Å². The Hall–Kier alpha value is -0.259. The van der Waals surface area contributed by atoms with Crippen molar-refractivity contribution in [3.8, 4) is 0 Å². The first kappa shape index (κ1) is 42.2. The molecule has 272 valence electrons. The molecule has 0 saturated carbocycles. The van der Waals surface area contributed by atoms with E-state index in [4.69, 9.17) is 0 Å². The summed E-state index contributed by atoms with van der Waals surface area (Å²) in [4.78, 5) is 0. The molecular weight excluding hydrogens is 673 g/mol.